The maximum Gasteiger partial charge on any atom is 0.338 e. The molecule has 1 saturated heterocycles. The van der Waals surface area contributed by atoms with Gasteiger partial charge in [0.2, 0.25) is 0 Å². The molecule has 0 atom stereocenters. The van der Waals surface area contributed by atoms with Crippen molar-refractivity contribution in [2.45, 2.75) is 12.1 Å². The number of carbonyl (C=O) groups is 1. The van der Waals surface area contributed by atoms with Crippen LogP contribution in [0.5, 0.6) is 0 Å². The summed E-state index contributed by atoms with van der Waals surface area (Å²) in [6.07, 6.45) is 2.02. The van der Waals surface area contributed by atoms with Gasteiger partial charge in [-0.3, -0.25) is 4.57 Å². The number of imidazole rings is 1. The number of carbonyl (C=O) groups excluding carboxylic acids is 1. The van der Waals surface area contributed by atoms with Crippen molar-refractivity contribution in [1.82, 2.24) is 14.5 Å². The first-order valence-electron chi connectivity index (χ1n) is 9.88. The molecule has 1 fully saturated rings. The number of likely N-dealkylation sites (N-methyl/N-ethyl adjacent to an activating group) is 1. The highest BCUT2D eigenvalue weighted by Crippen LogP contribution is 2.29. The van der Waals surface area contributed by atoms with Gasteiger partial charge in [0.1, 0.15) is 0 Å². The van der Waals surface area contributed by atoms with Crippen LogP contribution in [0.3, 0.4) is 0 Å². The van der Waals surface area contributed by atoms with Gasteiger partial charge in [0.25, 0.3) is 0 Å². The third kappa shape index (κ3) is 3.97. The molecule has 1 aromatic heterocycles. The molecule has 4 rings (SSSR count). The van der Waals surface area contributed by atoms with Gasteiger partial charge in [0, 0.05) is 31.9 Å². The van der Waals surface area contributed by atoms with Gasteiger partial charge in [-0.05, 0) is 56.6 Å². The topological polar surface area (TPSA) is 50.6 Å². The van der Waals surface area contributed by atoms with Crippen LogP contribution < -0.4 is 4.90 Å². The molecule has 7 heteroatoms. The Hall–Kier alpha value is -2.51. The zero-order valence-corrected chi connectivity index (χ0v) is 17.9. The molecule has 0 unspecified atom stereocenters. The average Bonchev–Trinajstić information content (AvgIpc) is 3.12. The highest BCUT2D eigenvalue weighted by molar-refractivity contribution is 7.98. The molecule has 3 aromatic rings. The number of piperazine rings is 1. The lowest BCUT2D eigenvalue weighted by atomic mass is 10.2. The van der Waals surface area contributed by atoms with Crippen molar-refractivity contribution in [2.24, 2.45) is 0 Å². The Morgan fingerprint density at radius 1 is 1.10 bits per heavy atom. The highest BCUT2D eigenvalue weighted by atomic mass is 32.2. The molecule has 0 aliphatic carbocycles. The Morgan fingerprint density at radius 2 is 1.86 bits per heavy atom. The predicted octanol–water partition coefficient (Wildman–Crippen LogP) is 3.68. The molecule has 0 bridgehead atoms. The molecule has 1 aliphatic rings. The van der Waals surface area contributed by atoms with Gasteiger partial charge < -0.3 is 14.5 Å². The van der Waals surface area contributed by atoms with Crippen LogP contribution in [0.25, 0.3) is 16.7 Å². The molecular weight excluding hydrogens is 384 g/mol. The highest BCUT2D eigenvalue weighted by Gasteiger charge is 2.18. The Kier molecular flexibility index (Phi) is 5.78. The van der Waals surface area contributed by atoms with Crippen LogP contribution in [-0.2, 0) is 4.74 Å². The minimum atomic E-state index is -0.313. The van der Waals surface area contributed by atoms with Crippen LogP contribution in [0.15, 0.2) is 47.6 Å². The van der Waals surface area contributed by atoms with Crippen LogP contribution in [0.2, 0.25) is 0 Å². The van der Waals surface area contributed by atoms with Crippen molar-refractivity contribution in [3.8, 4) is 5.69 Å². The first-order valence-corrected chi connectivity index (χ1v) is 11.1. The van der Waals surface area contributed by atoms with Crippen LogP contribution >= 0.6 is 11.8 Å². The van der Waals surface area contributed by atoms with Gasteiger partial charge in [-0.25, -0.2) is 9.78 Å². The van der Waals surface area contributed by atoms with E-state index in [1.807, 2.05) is 31.4 Å². The first-order chi connectivity index (χ1) is 14.1. The number of fused-ring (bicyclic) bond motifs is 1. The number of esters is 1. The number of hydrogen-bond acceptors (Lipinski definition) is 6. The summed E-state index contributed by atoms with van der Waals surface area (Å²) < 4.78 is 7.29. The minimum absolute atomic E-state index is 0.313. The van der Waals surface area contributed by atoms with Crippen LogP contribution in [0, 0.1) is 0 Å². The van der Waals surface area contributed by atoms with E-state index in [0.29, 0.717) is 12.2 Å². The van der Waals surface area contributed by atoms with Crippen LogP contribution in [0.1, 0.15) is 17.3 Å². The van der Waals surface area contributed by atoms with E-state index in [1.165, 1.54) is 5.69 Å². The second-order valence-corrected chi connectivity index (χ2v) is 7.94. The number of hydrogen-bond donors (Lipinski definition) is 0. The van der Waals surface area contributed by atoms with E-state index in [9.17, 15) is 4.79 Å². The lowest BCUT2D eigenvalue weighted by Crippen LogP contribution is -2.44. The molecular formula is C22H26N4O2S. The maximum atomic E-state index is 12.1. The number of anilines is 1. The van der Waals surface area contributed by atoms with Crippen molar-refractivity contribution < 1.29 is 9.53 Å². The van der Waals surface area contributed by atoms with Crippen molar-refractivity contribution in [3.05, 3.63) is 48.0 Å². The quantitative estimate of drug-likeness (QED) is 0.472. The lowest BCUT2D eigenvalue weighted by Gasteiger charge is -2.34. The van der Waals surface area contributed by atoms with Gasteiger partial charge in [0.05, 0.1) is 28.9 Å². The molecule has 2 aromatic carbocycles. The smallest absolute Gasteiger partial charge is 0.338 e. The average molecular weight is 411 g/mol. The molecule has 2 heterocycles. The van der Waals surface area contributed by atoms with E-state index in [0.717, 1.165) is 48.1 Å². The number of rotatable bonds is 5. The van der Waals surface area contributed by atoms with E-state index >= 15 is 0 Å². The van der Waals surface area contributed by atoms with E-state index in [-0.39, 0.29) is 5.97 Å². The van der Waals surface area contributed by atoms with Gasteiger partial charge in [-0.1, -0.05) is 17.8 Å². The Bertz CT molecular complexity index is 1020. The van der Waals surface area contributed by atoms with Gasteiger partial charge in [0.15, 0.2) is 5.16 Å². The van der Waals surface area contributed by atoms with E-state index in [4.69, 9.17) is 9.72 Å². The SMILES string of the molecule is CCOC(=O)c1ccc2c(c1)nc(SC)n2-c1cccc(N2CCN(C)CC2)c1. The zero-order chi connectivity index (χ0) is 20.4. The first kappa shape index (κ1) is 19.8. The Morgan fingerprint density at radius 3 is 2.59 bits per heavy atom. The molecule has 6 nitrogen and oxygen atoms in total. The van der Waals surface area contributed by atoms with Gasteiger partial charge in [-0.15, -0.1) is 0 Å². The molecule has 0 saturated carbocycles. The molecule has 1 aliphatic heterocycles. The molecule has 0 amide bonds. The summed E-state index contributed by atoms with van der Waals surface area (Å²) in [5.74, 6) is -0.313. The van der Waals surface area contributed by atoms with Crippen molar-refractivity contribution >= 4 is 34.5 Å². The summed E-state index contributed by atoms with van der Waals surface area (Å²) in [7, 11) is 2.17. The molecule has 0 spiro atoms. The summed E-state index contributed by atoms with van der Waals surface area (Å²) in [6, 6.07) is 14.2. The second-order valence-electron chi connectivity index (χ2n) is 7.17. The minimum Gasteiger partial charge on any atom is -0.462 e. The standard InChI is InChI=1S/C22H26N4O2S/c1-4-28-21(27)16-8-9-20-19(14-16)23-22(29-3)26(20)18-7-5-6-17(15-18)25-12-10-24(2)11-13-25/h5-9,14-15H,4,10-13H2,1-3H3. The lowest BCUT2D eigenvalue weighted by molar-refractivity contribution is 0.0526. The monoisotopic (exact) mass is 410 g/mol. The summed E-state index contributed by atoms with van der Waals surface area (Å²) >= 11 is 1.60. The maximum absolute atomic E-state index is 12.1. The van der Waals surface area contributed by atoms with Crippen molar-refractivity contribution in [1.29, 1.82) is 0 Å². The Balaban J connectivity index is 1.73. The van der Waals surface area contributed by atoms with Crippen molar-refractivity contribution in [2.75, 3.05) is 51.0 Å². The predicted molar refractivity (Wildman–Crippen MR) is 119 cm³/mol. The third-order valence-electron chi connectivity index (χ3n) is 5.27. The number of benzene rings is 2. The normalized spacial score (nSPS) is 15.1. The number of nitrogens with zero attached hydrogens (tertiary/aromatic N) is 4. The van der Waals surface area contributed by atoms with E-state index in [1.54, 1.807) is 11.8 Å². The van der Waals surface area contributed by atoms with Gasteiger partial charge in [-0.2, -0.15) is 0 Å². The number of thioether (sulfide) groups is 1. The zero-order valence-electron chi connectivity index (χ0n) is 17.1. The fraction of sp³-hybridized carbons (Fsp3) is 0.364. The van der Waals surface area contributed by atoms with Crippen molar-refractivity contribution in [3.63, 3.8) is 0 Å². The summed E-state index contributed by atoms with van der Waals surface area (Å²) in [4.78, 5) is 21.6. The third-order valence-corrected chi connectivity index (χ3v) is 5.91. The molecule has 0 radical (unpaired) electrons. The number of aromatic nitrogens is 2. The summed E-state index contributed by atoms with van der Waals surface area (Å²) in [5.41, 5.74) is 4.62. The fourth-order valence-electron chi connectivity index (χ4n) is 3.68. The molecule has 152 valence electrons. The van der Waals surface area contributed by atoms with Crippen LogP contribution in [0.4, 0.5) is 5.69 Å². The molecule has 0 N–H and O–H groups in total. The summed E-state index contributed by atoms with van der Waals surface area (Å²) in [5, 5.41) is 0.900. The largest absolute Gasteiger partial charge is 0.462 e. The Labute approximate surface area is 175 Å². The van der Waals surface area contributed by atoms with E-state index in [2.05, 4.69) is 45.7 Å². The second kappa shape index (κ2) is 8.47. The molecule has 29 heavy (non-hydrogen) atoms. The summed E-state index contributed by atoms with van der Waals surface area (Å²) in [6.45, 7) is 6.38. The number of ether oxygens (including phenoxy) is 1. The van der Waals surface area contributed by atoms with E-state index < -0.39 is 0 Å². The fourth-order valence-corrected chi connectivity index (χ4v) is 4.26. The van der Waals surface area contributed by atoms with Gasteiger partial charge >= 0.3 is 5.97 Å². The van der Waals surface area contributed by atoms with Crippen LogP contribution in [-0.4, -0.2) is 66.5 Å².